The summed E-state index contributed by atoms with van der Waals surface area (Å²) in [5.74, 6) is 2.57. The Bertz CT molecular complexity index is 353. The summed E-state index contributed by atoms with van der Waals surface area (Å²) >= 11 is 0. The van der Waals surface area contributed by atoms with Gasteiger partial charge in [-0.05, 0) is 25.2 Å². The molecule has 0 aliphatic heterocycles. The van der Waals surface area contributed by atoms with Gasteiger partial charge in [-0.3, -0.25) is 4.98 Å². The van der Waals surface area contributed by atoms with E-state index in [1.54, 1.807) is 12.4 Å². The second-order valence-electron chi connectivity index (χ2n) is 4.99. The molecule has 2 atom stereocenters. The summed E-state index contributed by atoms with van der Waals surface area (Å²) in [6.45, 7) is 2.35. The zero-order valence-electron chi connectivity index (χ0n) is 10.7. The van der Waals surface area contributed by atoms with E-state index >= 15 is 0 Å². The molecule has 2 rings (SSSR count). The van der Waals surface area contributed by atoms with Gasteiger partial charge in [-0.1, -0.05) is 19.8 Å². The van der Waals surface area contributed by atoms with Gasteiger partial charge in [0.25, 0.3) is 0 Å². The van der Waals surface area contributed by atoms with Crippen molar-refractivity contribution in [1.29, 1.82) is 0 Å². The van der Waals surface area contributed by atoms with Gasteiger partial charge in [-0.15, -0.1) is 0 Å². The van der Waals surface area contributed by atoms with Crippen molar-refractivity contribution in [3.8, 4) is 0 Å². The molecule has 0 saturated heterocycles. The standard InChI is InChI=1S/C13H22N4/c1-10-4-3-5-11(7-6-10)16-13-9-15-8-12(14-2)17-13/h8-11H,3-7H2,1-2H3,(H2,14,16,17). The van der Waals surface area contributed by atoms with Gasteiger partial charge in [-0.25, -0.2) is 4.98 Å². The number of hydrogen-bond donors (Lipinski definition) is 2. The number of nitrogens with one attached hydrogen (secondary N) is 2. The molecule has 1 aliphatic rings. The van der Waals surface area contributed by atoms with Crippen molar-refractivity contribution in [3.05, 3.63) is 12.4 Å². The molecule has 0 aromatic carbocycles. The Morgan fingerprint density at radius 2 is 1.94 bits per heavy atom. The lowest BCUT2D eigenvalue weighted by molar-refractivity contribution is 0.502. The second kappa shape index (κ2) is 5.84. The van der Waals surface area contributed by atoms with Crippen LogP contribution in [0.25, 0.3) is 0 Å². The van der Waals surface area contributed by atoms with Crippen LogP contribution in [0.3, 0.4) is 0 Å². The summed E-state index contributed by atoms with van der Waals surface area (Å²) in [4.78, 5) is 8.62. The first-order valence-corrected chi connectivity index (χ1v) is 6.54. The van der Waals surface area contributed by atoms with Crippen LogP contribution in [0.5, 0.6) is 0 Å². The third kappa shape index (κ3) is 3.58. The molecule has 17 heavy (non-hydrogen) atoms. The zero-order chi connectivity index (χ0) is 12.1. The summed E-state index contributed by atoms with van der Waals surface area (Å²) in [5, 5.41) is 6.51. The van der Waals surface area contributed by atoms with Crippen LogP contribution in [0.1, 0.15) is 39.0 Å². The molecule has 1 heterocycles. The lowest BCUT2D eigenvalue weighted by Gasteiger charge is -2.17. The van der Waals surface area contributed by atoms with Crippen molar-refractivity contribution in [2.45, 2.75) is 45.1 Å². The summed E-state index contributed by atoms with van der Waals surface area (Å²) in [6.07, 6.45) is 10.0. The molecule has 0 radical (unpaired) electrons. The van der Waals surface area contributed by atoms with Gasteiger partial charge < -0.3 is 10.6 Å². The molecule has 1 aliphatic carbocycles. The number of aromatic nitrogens is 2. The third-order valence-corrected chi connectivity index (χ3v) is 3.50. The minimum absolute atomic E-state index is 0.557. The quantitative estimate of drug-likeness (QED) is 0.790. The molecule has 2 N–H and O–H groups in total. The lowest BCUT2D eigenvalue weighted by Crippen LogP contribution is -2.19. The molecule has 94 valence electrons. The Balaban J connectivity index is 1.94. The van der Waals surface area contributed by atoms with E-state index in [2.05, 4.69) is 27.5 Å². The van der Waals surface area contributed by atoms with Gasteiger partial charge in [0.2, 0.25) is 0 Å². The molecule has 1 fully saturated rings. The van der Waals surface area contributed by atoms with Crippen LogP contribution in [0.4, 0.5) is 11.6 Å². The van der Waals surface area contributed by atoms with Crippen molar-refractivity contribution in [1.82, 2.24) is 9.97 Å². The van der Waals surface area contributed by atoms with E-state index in [1.807, 2.05) is 7.05 Å². The Kier molecular flexibility index (Phi) is 4.18. The minimum atomic E-state index is 0.557. The van der Waals surface area contributed by atoms with E-state index < -0.39 is 0 Å². The van der Waals surface area contributed by atoms with Crippen molar-refractivity contribution in [2.24, 2.45) is 5.92 Å². The molecule has 2 unspecified atom stereocenters. The molecular weight excluding hydrogens is 212 g/mol. The fourth-order valence-electron chi connectivity index (χ4n) is 2.40. The maximum Gasteiger partial charge on any atom is 0.147 e. The van der Waals surface area contributed by atoms with Gasteiger partial charge in [0.15, 0.2) is 0 Å². The van der Waals surface area contributed by atoms with E-state index in [0.717, 1.165) is 17.6 Å². The monoisotopic (exact) mass is 234 g/mol. The van der Waals surface area contributed by atoms with Crippen LogP contribution in [-0.2, 0) is 0 Å². The summed E-state index contributed by atoms with van der Waals surface area (Å²) in [5.41, 5.74) is 0. The molecule has 0 spiro atoms. The van der Waals surface area contributed by atoms with E-state index in [4.69, 9.17) is 0 Å². The normalized spacial score (nSPS) is 25.1. The van der Waals surface area contributed by atoms with Gasteiger partial charge in [0.05, 0.1) is 12.4 Å². The first-order valence-electron chi connectivity index (χ1n) is 6.54. The third-order valence-electron chi connectivity index (χ3n) is 3.50. The largest absolute Gasteiger partial charge is 0.372 e. The van der Waals surface area contributed by atoms with E-state index in [9.17, 15) is 0 Å². The summed E-state index contributed by atoms with van der Waals surface area (Å²) < 4.78 is 0. The number of rotatable bonds is 3. The SMILES string of the molecule is CNc1cncc(NC2CCCC(C)CC2)n1. The van der Waals surface area contributed by atoms with Crippen LogP contribution in [0.15, 0.2) is 12.4 Å². The topological polar surface area (TPSA) is 49.8 Å². The Morgan fingerprint density at radius 1 is 1.12 bits per heavy atom. The maximum atomic E-state index is 4.45. The van der Waals surface area contributed by atoms with E-state index in [1.165, 1.54) is 32.1 Å². The van der Waals surface area contributed by atoms with Crippen molar-refractivity contribution < 1.29 is 0 Å². The highest BCUT2D eigenvalue weighted by Gasteiger charge is 2.16. The van der Waals surface area contributed by atoms with Crippen LogP contribution in [0, 0.1) is 5.92 Å². The first-order chi connectivity index (χ1) is 8.28. The lowest BCUT2D eigenvalue weighted by atomic mass is 10.0. The van der Waals surface area contributed by atoms with E-state index in [0.29, 0.717) is 6.04 Å². The van der Waals surface area contributed by atoms with E-state index in [-0.39, 0.29) is 0 Å². The molecule has 1 aromatic rings. The maximum absolute atomic E-state index is 4.45. The zero-order valence-corrected chi connectivity index (χ0v) is 10.7. The van der Waals surface area contributed by atoms with Crippen molar-refractivity contribution in [2.75, 3.05) is 17.7 Å². The Morgan fingerprint density at radius 3 is 2.76 bits per heavy atom. The highest BCUT2D eigenvalue weighted by molar-refractivity contribution is 5.41. The molecule has 4 heteroatoms. The predicted molar refractivity (Wildman–Crippen MR) is 71.2 cm³/mol. The number of anilines is 2. The fourth-order valence-corrected chi connectivity index (χ4v) is 2.40. The average Bonchev–Trinajstić information content (AvgIpc) is 2.55. The highest BCUT2D eigenvalue weighted by Crippen LogP contribution is 2.24. The molecule has 0 amide bonds. The van der Waals surface area contributed by atoms with Gasteiger partial charge >= 0.3 is 0 Å². The Hall–Kier alpha value is -1.32. The van der Waals surface area contributed by atoms with Crippen LogP contribution in [-0.4, -0.2) is 23.1 Å². The number of nitrogens with zero attached hydrogens (tertiary/aromatic N) is 2. The Labute approximate surface area is 103 Å². The van der Waals surface area contributed by atoms with Crippen molar-refractivity contribution >= 4 is 11.6 Å². The fraction of sp³-hybridized carbons (Fsp3) is 0.692. The first kappa shape index (κ1) is 12.1. The minimum Gasteiger partial charge on any atom is -0.372 e. The number of hydrogen-bond acceptors (Lipinski definition) is 4. The molecule has 1 saturated carbocycles. The second-order valence-corrected chi connectivity index (χ2v) is 4.99. The molecule has 0 bridgehead atoms. The highest BCUT2D eigenvalue weighted by atomic mass is 15.1. The van der Waals surface area contributed by atoms with Crippen molar-refractivity contribution in [3.63, 3.8) is 0 Å². The van der Waals surface area contributed by atoms with Crippen LogP contribution in [0.2, 0.25) is 0 Å². The van der Waals surface area contributed by atoms with Crippen LogP contribution >= 0.6 is 0 Å². The smallest absolute Gasteiger partial charge is 0.147 e. The summed E-state index contributed by atoms with van der Waals surface area (Å²) in [7, 11) is 1.86. The summed E-state index contributed by atoms with van der Waals surface area (Å²) in [6, 6.07) is 0.557. The van der Waals surface area contributed by atoms with Gasteiger partial charge in [0.1, 0.15) is 11.6 Å². The molecular formula is C13H22N4. The molecule has 4 nitrogen and oxygen atoms in total. The predicted octanol–water partition coefficient (Wildman–Crippen LogP) is 2.90. The van der Waals surface area contributed by atoms with Gasteiger partial charge in [-0.2, -0.15) is 0 Å². The average molecular weight is 234 g/mol. The molecule has 1 aromatic heterocycles. The van der Waals surface area contributed by atoms with Gasteiger partial charge in [0, 0.05) is 13.1 Å². The van der Waals surface area contributed by atoms with Crippen LogP contribution < -0.4 is 10.6 Å².